The minimum Gasteiger partial charge on any atom is -0.399 e. The fraction of sp³-hybridized carbons (Fsp3) is 0.261. The summed E-state index contributed by atoms with van der Waals surface area (Å²) in [6.07, 6.45) is 4.99. The largest absolute Gasteiger partial charge is 0.399 e. The van der Waals surface area contributed by atoms with Gasteiger partial charge in [0.2, 0.25) is 0 Å². The molecule has 0 atom stereocenters. The van der Waals surface area contributed by atoms with E-state index in [1.165, 1.54) is 0 Å². The van der Waals surface area contributed by atoms with Gasteiger partial charge in [-0.2, -0.15) is 0 Å². The van der Waals surface area contributed by atoms with Gasteiger partial charge >= 0.3 is 0 Å². The summed E-state index contributed by atoms with van der Waals surface area (Å²) >= 11 is 0. The number of rotatable bonds is 6. The molecule has 0 saturated heterocycles. The van der Waals surface area contributed by atoms with E-state index in [1.807, 2.05) is 48.7 Å². The predicted molar refractivity (Wildman–Crippen MR) is 120 cm³/mol. The van der Waals surface area contributed by atoms with Gasteiger partial charge in [-0.15, -0.1) is 0 Å². The van der Waals surface area contributed by atoms with E-state index in [2.05, 4.69) is 26.9 Å². The number of anilines is 2. The van der Waals surface area contributed by atoms with E-state index in [-0.39, 0.29) is 5.91 Å². The van der Waals surface area contributed by atoms with Gasteiger partial charge in [0, 0.05) is 29.4 Å². The zero-order valence-corrected chi connectivity index (χ0v) is 16.9. The van der Waals surface area contributed by atoms with Crippen molar-refractivity contribution in [2.24, 2.45) is 0 Å². The Morgan fingerprint density at radius 1 is 1.20 bits per heavy atom. The molecule has 4 N–H and O–H groups in total. The molecule has 4 aromatic rings. The minimum absolute atomic E-state index is 0.0154. The number of imidazole rings is 1. The second-order valence-electron chi connectivity index (χ2n) is 7.76. The summed E-state index contributed by atoms with van der Waals surface area (Å²) in [4.78, 5) is 21.7. The second kappa shape index (κ2) is 7.33. The number of nitrogens with zero attached hydrogens (tertiary/aromatic N) is 3. The maximum absolute atomic E-state index is 12.3. The van der Waals surface area contributed by atoms with Crippen molar-refractivity contribution in [3.8, 4) is 11.3 Å². The van der Waals surface area contributed by atoms with Gasteiger partial charge in [-0.3, -0.25) is 9.20 Å². The number of benzene rings is 2. The highest BCUT2D eigenvalue weighted by atomic mass is 16.1. The monoisotopic (exact) mass is 400 g/mol. The average Bonchev–Trinajstić information content (AvgIpc) is 3.46. The van der Waals surface area contributed by atoms with Crippen molar-refractivity contribution >= 4 is 34.1 Å². The standard InChI is InChI=1S/C23H24N6O/c1-2-11-25-21-22-26-13-20(29(22)19-10-7-16(24)12-18(19)28-21)14-3-5-15(6-4-14)23(30)27-17-8-9-17/h3-7,10,12-13,17H,2,8-9,11,24H2,1H3,(H,25,28)(H,27,30). The van der Waals surface area contributed by atoms with Crippen LogP contribution >= 0.6 is 0 Å². The first-order valence-electron chi connectivity index (χ1n) is 10.4. The second-order valence-corrected chi connectivity index (χ2v) is 7.76. The van der Waals surface area contributed by atoms with E-state index in [9.17, 15) is 4.79 Å². The lowest BCUT2D eigenvalue weighted by Gasteiger charge is -2.12. The van der Waals surface area contributed by atoms with Crippen LogP contribution in [0.15, 0.2) is 48.7 Å². The number of carbonyl (C=O) groups excluding carboxylic acids is 1. The minimum atomic E-state index is -0.0154. The van der Waals surface area contributed by atoms with Crippen molar-refractivity contribution in [2.75, 3.05) is 17.6 Å². The molecule has 0 radical (unpaired) electrons. The molecule has 2 aromatic heterocycles. The van der Waals surface area contributed by atoms with Gasteiger partial charge in [0.05, 0.1) is 22.9 Å². The van der Waals surface area contributed by atoms with Crippen LogP contribution in [-0.2, 0) is 0 Å². The van der Waals surface area contributed by atoms with Crippen LogP contribution in [0.4, 0.5) is 11.5 Å². The first-order valence-corrected chi connectivity index (χ1v) is 10.4. The van der Waals surface area contributed by atoms with Gasteiger partial charge in [0.15, 0.2) is 11.5 Å². The third-order valence-corrected chi connectivity index (χ3v) is 5.34. The Morgan fingerprint density at radius 3 is 2.73 bits per heavy atom. The first kappa shape index (κ1) is 18.4. The average molecular weight is 400 g/mol. The normalized spacial score (nSPS) is 13.6. The van der Waals surface area contributed by atoms with Gasteiger partial charge < -0.3 is 16.4 Å². The van der Waals surface area contributed by atoms with Crippen LogP contribution in [0.5, 0.6) is 0 Å². The first-order chi connectivity index (χ1) is 14.6. The summed E-state index contributed by atoms with van der Waals surface area (Å²) in [5.41, 5.74) is 11.8. The van der Waals surface area contributed by atoms with Crippen molar-refractivity contribution in [1.29, 1.82) is 0 Å². The van der Waals surface area contributed by atoms with Crippen molar-refractivity contribution < 1.29 is 4.79 Å². The Labute approximate surface area is 174 Å². The van der Waals surface area contributed by atoms with Crippen LogP contribution in [0.1, 0.15) is 36.5 Å². The van der Waals surface area contributed by atoms with Crippen LogP contribution < -0.4 is 16.4 Å². The fourth-order valence-corrected chi connectivity index (χ4v) is 3.61. The summed E-state index contributed by atoms with van der Waals surface area (Å²) in [5, 5.41) is 6.40. The van der Waals surface area contributed by atoms with Gasteiger partial charge in [0.1, 0.15) is 0 Å². The SMILES string of the molecule is CCCNc1nc2cc(N)ccc2n2c(-c3ccc(C(=O)NC4CC4)cc3)cnc12. The Hall–Kier alpha value is -3.61. The molecule has 2 aromatic carbocycles. The Morgan fingerprint density at radius 2 is 2.00 bits per heavy atom. The fourth-order valence-electron chi connectivity index (χ4n) is 3.61. The third kappa shape index (κ3) is 3.32. The number of fused-ring (bicyclic) bond motifs is 3. The maximum atomic E-state index is 12.3. The van der Waals surface area contributed by atoms with Gasteiger partial charge in [-0.25, -0.2) is 9.97 Å². The van der Waals surface area contributed by atoms with Crippen LogP contribution in [0, 0.1) is 0 Å². The third-order valence-electron chi connectivity index (χ3n) is 5.34. The molecule has 7 nitrogen and oxygen atoms in total. The number of carbonyl (C=O) groups is 1. The summed E-state index contributed by atoms with van der Waals surface area (Å²) in [6, 6.07) is 13.7. The van der Waals surface area contributed by atoms with Crippen molar-refractivity contribution in [1.82, 2.24) is 19.7 Å². The Bertz CT molecular complexity index is 1240. The molecule has 1 amide bonds. The summed E-state index contributed by atoms with van der Waals surface area (Å²) in [6.45, 7) is 2.92. The number of hydrogen-bond acceptors (Lipinski definition) is 5. The maximum Gasteiger partial charge on any atom is 0.251 e. The van der Waals surface area contributed by atoms with Crippen molar-refractivity contribution in [2.45, 2.75) is 32.2 Å². The summed E-state index contributed by atoms with van der Waals surface area (Å²) in [7, 11) is 0. The number of amides is 1. The molecule has 30 heavy (non-hydrogen) atoms. The van der Waals surface area contributed by atoms with Crippen LogP contribution in [0.3, 0.4) is 0 Å². The number of nitrogens with one attached hydrogen (secondary N) is 2. The molecule has 0 aliphatic heterocycles. The van der Waals surface area contributed by atoms with Crippen LogP contribution in [-0.4, -0.2) is 32.9 Å². The lowest BCUT2D eigenvalue weighted by molar-refractivity contribution is 0.0951. The summed E-state index contributed by atoms with van der Waals surface area (Å²) in [5.74, 6) is 0.722. The molecule has 0 spiro atoms. The number of nitrogen functional groups attached to an aromatic ring is 1. The van der Waals surface area contributed by atoms with E-state index in [0.29, 0.717) is 17.3 Å². The molecule has 152 valence electrons. The van der Waals surface area contributed by atoms with E-state index in [4.69, 9.17) is 10.7 Å². The quantitative estimate of drug-likeness (QED) is 0.427. The van der Waals surface area contributed by atoms with E-state index in [1.54, 1.807) is 0 Å². The molecular weight excluding hydrogens is 376 g/mol. The molecule has 7 heteroatoms. The predicted octanol–water partition coefficient (Wildman–Crippen LogP) is 3.85. The summed E-state index contributed by atoms with van der Waals surface area (Å²) < 4.78 is 2.10. The lowest BCUT2D eigenvalue weighted by atomic mass is 10.1. The van der Waals surface area contributed by atoms with Crippen LogP contribution in [0.25, 0.3) is 27.9 Å². The lowest BCUT2D eigenvalue weighted by Crippen LogP contribution is -2.25. The van der Waals surface area contributed by atoms with E-state index in [0.717, 1.165) is 59.6 Å². The highest BCUT2D eigenvalue weighted by molar-refractivity contribution is 5.95. The zero-order valence-electron chi connectivity index (χ0n) is 16.9. The van der Waals surface area contributed by atoms with Crippen molar-refractivity contribution in [3.63, 3.8) is 0 Å². The molecule has 1 aliphatic rings. The number of hydrogen-bond donors (Lipinski definition) is 3. The van der Waals surface area contributed by atoms with Crippen LogP contribution in [0.2, 0.25) is 0 Å². The Kier molecular flexibility index (Phi) is 4.50. The van der Waals surface area contributed by atoms with Gasteiger partial charge in [-0.05, 0) is 49.6 Å². The molecule has 5 rings (SSSR count). The molecule has 2 heterocycles. The smallest absolute Gasteiger partial charge is 0.251 e. The Balaban J connectivity index is 1.61. The molecule has 0 bridgehead atoms. The van der Waals surface area contributed by atoms with Gasteiger partial charge in [-0.1, -0.05) is 19.1 Å². The van der Waals surface area contributed by atoms with Crippen molar-refractivity contribution in [3.05, 3.63) is 54.2 Å². The molecule has 1 fully saturated rings. The topological polar surface area (TPSA) is 97.3 Å². The van der Waals surface area contributed by atoms with E-state index < -0.39 is 0 Å². The van der Waals surface area contributed by atoms with E-state index >= 15 is 0 Å². The highest BCUT2D eigenvalue weighted by Crippen LogP contribution is 2.29. The zero-order chi connectivity index (χ0) is 20.7. The number of aromatic nitrogens is 3. The molecule has 0 unspecified atom stereocenters. The number of nitrogens with two attached hydrogens (primary N) is 1. The highest BCUT2D eigenvalue weighted by Gasteiger charge is 2.23. The molecule has 1 saturated carbocycles. The molecular formula is C23H24N6O. The molecule has 1 aliphatic carbocycles. The van der Waals surface area contributed by atoms with Gasteiger partial charge in [0.25, 0.3) is 5.91 Å².